The van der Waals surface area contributed by atoms with Gasteiger partial charge < -0.3 is 47.4 Å². The molecule has 6 aromatic carbocycles. The van der Waals surface area contributed by atoms with Crippen molar-refractivity contribution < 1.29 is 70.1 Å². The van der Waals surface area contributed by atoms with Crippen LogP contribution in [0.2, 0.25) is 18.1 Å². The highest BCUT2D eigenvalue weighted by Gasteiger charge is 2.55. The van der Waals surface area contributed by atoms with Crippen molar-refractivity contribution in [3.8, 4) is 5.88 Å². The predicted molar refractivity (Wildman–Crippen MR) is 382 cm³/mol. The minimum absolute atomic E-state index is 0.00241. The Hall–Kier alpha value is -8.79. The molecular formula is C72H81N11O15P2Si. The van der Waals surface area contributed by atoms with Crippen molar-refractivity contribution in [1.82, 2.24) is 39.0 Å². The van der Waals surface area contributed by atoms with Gasteiger partial charge in [0.05, 0.1) is 61.8 Å². The molecule has 101 heavy (non-hydrogen) atoms. The van der Waals surface area contributed by atoms with E-state index < -0.39 is 101 Å². The van der Waals surface area contributed by atoms with E-state index in [-0.39, 0.29) is 78.4 Å². The van der Waals surface area contributed by atoms with Crippen LogP contribution in [-0.2, 0) is 63.9 Å². The average Bonchev–Trinajstić information content (AvgIpc) is 1.62. The number of fused-ring (bicyclic) bond motifs is 3. The first kappa shape index (κ1) is 72.0. The molecule has 3 N–H and O–H groups in total. The molecule has 0 bridgehead atoms. The maximum atomic E-state index is 16.6. The lowest BCUT2D eigenvalue weighted by atomic mass is 10.1. The van der Waals surface area contributed by atoms with Crippen molar-refractivity contribution in [1.29, 1.82) is 0 Å². The first-order valence-corrected chi connectivity index (χ1v) is 39.5. The summed E-state index contributed by atoms with van der Waals surface area (Å²) in [4.78, 5) is 70.8. The van der Waals surface area contributed by atoms with E-state index in [2.05, 4.69) is 64.4 Å². The number of nitrogens with one attached hydrogen (secondary N) is 2. The van der Waals surface area contributed by atoms with E-state index in [1.807, 2.05) is 84.9 Å². The van der Waals surface area contributed by atoms with Gasteiger partial charge in [-0.15, -0.1) is 0 Å². The lowest BCUT2D eigenvalue weighted by molar-refractivity contribution is -0.118. The number of rotatable bonds is 27. The monoisotopic (exact) mass is 1430 g/mol. The summed E-state index contributed by atoms with van der Waals surface area (Å²) >= 11 is 0. The van der Waals surface area contributed by atoms with Gasteiger partial charge in [-0.3, -0.25) is 37.7 Å². The molecule has 29 heteroatoms. The molecule has 0 radical (unpaired) electrons. The fourth-order valence-electron chi connectivity index (χ4n) is 11.8. The number of hydrogen-bond donors (Lipinski definition) is 3. The summed E-state index contributed by atoms with van der Waals surface area (Å²) in [5, 5.41) is 20.1. The van der Waals surface area contributed by atoms with Gasteiger partial charge >= 0.3 is 21.3 Å². The lowest BCUT2D eigenvalue weighted by Crippen LogP contribution is -2.49. The van der Waals surface area contributed by atoms with Crippen molar-refractivity contribution in [2.24, 2.45) is 5.92 Å². The number of benzene rings is 6. The number of amides is 3. The summed E-state index contributed by atoms with van der Waals surface area (Å²) in [6.45, 7) is 13.5. The van der Waals surface area contributed by atoms with Gasteiger partial charge in [-0.1, -0.05) is 156 Å². The Kier molecular flexibility index (Phi) is 22.0. The van der Waals surface area contributed by atoms with Crippen LogP contribution in [0, 0.1) is 5.92 Å². The van der Waals surface area contributed by atoms with Crippen molar-refractivity contribution >= 4 is 97.7 Å². The highest BCUT2D eigenvalue weighted by molar-refractivity contribution is 7.54. The Labute approximate surface area is 585 Å². The number of imidazole rings is 2. The van der Waals surface area contributed by atoms with E-state index in [1.54, 1.807) is 97.3 Å². The molecule has 4 aromatic heterocycles. The summed E-state index contributed by atoms with van der Waals surface area (Å²) in [7, 11) is -8.64. The van der Waals surface area contributed by atoms with Gasteiger partial charge in [0.25, 0.3) is 11.8 Å². The molecule has 0 spiro atoms. The Morgan fingerprint density at radius 1 is 0.644 bits per heavy atom. The number of aliphatic hydroxyl groups is 1. The van der Waals surface area contributed by atoms with Crippen molar-refractivity contribution in [2.45, 2.75) is 128 Å². The van der Waals surface area contributed by atoms with Crippen LogP contribution in [0.3, 0.4) is 0 Å². The van der Waals surface area contributed by atoms with E-state index >= 15 is 4.57 Å². The fraction of sp³-hybridized carbons (Fsp3) is 0.347. The van der Waals surface area contributed by atoms with Gasteiger partial charge in [-0.2, -0.15) is 9.97 Å². The molecule has 0 aliphatic carbocycles. The standard InChI is InChI=1S/C72H81N11O15P2Si/c1-46(2)65(85)79-70-78-64-57(67(80-70)96-71(87)83(52-30-18-12-19-31-52)53-32-20-13-21-33-53)76-45-82(64)68-58(84)59(92-41-48-34-35-49-26-22-23-29-51(49)40-48)54(94-68)37-39-100(89,93-42-47-24-14-10-15-25-47)97-60-55(36-38-99(88,90-6)91-7)95-69(61(60)98-101(8,9)72(3,4)5)81-44-75-56-62(73-43-74-63(56)81)77-66(86)50-27-16-11-17-28-50/h10-35,40,43-46,54-55,58-61,68-69,84H,36-39,41-42H2,1-9H3,(H,73,74,77,86)(H,78,79,80,85)/t54-,55-,58-,59-,60-,61-,68-,69-,100?/m1/s1. The second-order valence-electron chi connectivity index (χ2n) is 26.4. The summed E-state index contributed by atoms with van der Waals surface area (Å²) in [5.74, 6) is -1.82. The van der Waals surface area contributed by atoms with Crippen LogP contribution < -0.4 is 20.3 Å². The third-order valence-corrected chi connectivity index (χ3v) is 26.6. The number of nitrogens with zero attached hydrogens (tertiary/aromatic N) is 9. The SMILES string of the molecule is COP(=O)(CC[C@H]1O[C@@H](n2cnc3c(NC(=O)c4ccccc4)ncnc32)[C@H](O[Si](C)(C)C(C)(C)C)[C@@H]1OP(=O)(CC[C@H]1O[C@@H](n2cnc3c(OC(=O)N(c4ccccc4)c4ccccc4)nc(NC(=O)C(C)C)nc32)[C@H](O)[C@@H]1OCc1ccc2ccccc2c1)OCc1ccccc1)OC. The Morgan fingerprint density at radius 3 is 1.87 bits per heavy atom. The number of anilines is 4. The molecule has 1 unspecified atom stereocenters. The van der Waals surface area contributed by atoms with Crippen LogP contribution in [0.5, 0.6) is 5.88 Å². The molecule has 6 heterocycles. The zero-order valence-electron chi connectivity index (χ0n) is 57.3. The van der Waals surface area contributed by atoms with Gasteiger partial charge in [0.2, 0.25) is 11.9 Å². The Bertz CT molecular complexity index is 4600. The number of hydrogen-bond acceptors (Lipinski definition) is 21. The highest BCUT2D eigenvalue weighted by atomic mass is 31.2. The zero-order valence-corrected chi connectivity index (χ0v) is 60.1. The van der Waals surface area contributed by atoms with Crippen LogP contribution in [0.4, 0.5) is 27.9 Å². The van der Waals surface area contributed by atoms with Crippen LogP contribution in [0.25, 0.3) is 33.1 Å². The molecular weight excluding hydrogens is 1350 g/mol. The Morgan fingerprint density at radius 2 is 1.23 bits per heavy atom. The quantitative estimate of drug-likeness (QED) is 0.0318. The van der Waals surface area contributed by atoms with Gasteiger partial charge in [0, 0.05) is 25.7 Å². The maximum absolute atomic E-state index is 16.6. The molecule has 2 aliphatic heterocycles. The number of carbonyl (C=O) groups excluding carboxylic acids is 3. The molecule has 2 aliphatic rings. The average molecular weight is 1430 g/mol. The molecule has 26 nitrogen and oxygen atoms in total. The van der Waals surface area contributed by atoms with Crippen molar-refractivity contribution in [3.05, 3.63) is 199 Å². The van der Waals surface area contributed by atoms with E-state index in [0.29, 0.717) is 22.5 Å². The number of carbonyl (C=O) groups is 3. The fourth-order valence-corrected chi connectivity index (χ4v) is 16.0. The summed E-state index contributed by atoms with van der Waals surface area (Å²) in [6, 6.07) is 49.4. The van der Waals surface area contributed by atoms with Crippen LogP contribution in [-0.4, -0.2) is 134 Å². The van der Waals surface area contributed by atoms with Crippen molar-refractivity contribution in [3.63, 3.8) is 0 Å². The minimum Gasteiger partial charge on any atom is -0.407 e. The first-order chi connectivity index (χ1) is 48.5. The van der Waals surface area contributed by atoms with Crippen molar-refractivity contribution in [2.75, 3.05) is 42.1 Å². The molecule has 2 fully saturated rings. The summed E-state index contributed by atoms with van der Waals surface area (Å²) in [5.41, 5.74) is 3.27. The van der Waals surface area contributed by atoms with Gasteiger partial charge in [0.15, 0.2) is 48.9 Å². The second kappa shape index (κ2) is 30.8. The van der Waals surface area contributed by atoms with Crippen LogP contribution in [0.1, 0.15) is 81.4 Å². The Balaban J connectivity index is 0.925. The number of aromatic nitrogens is 8. The highest BCUT2D eigenvalue weighted by Crippen LogP contribution is 2.57. The first-order valence-electron chi connectivity index (χ1n) is 33.2. The topological polar surface area (TPSA) is 303 Å². The third kappa shape index (κ3) is 16.3. The molecule has 10 aromatic rings. The number of para-hydroxylation sites is 2. The minimum atomic E-state index is -4.54. The molecule has 9 atom stereocenters. The maximum Gasteiger partial charge on any atom is 0.425 e. The molecule has 0 saturated carbocycles. The van der Waals surface area contributed by atoms with E-state index in [1.165, 1.54) is 42.7 Å². The van der Waals surface area contributed by atoms with Gasteiger partial charge in [-0.25, -0.2) is 29.6 Å². The summed E-state index contributed by atoms with van der Waals surface area (Å²) < 4.78 is 93.0. The van der Waals surface area contributed by atoms with E-state index in [0.717, 1.165) is 16.3 Å². The van der Waals surface area contributed by atoms with E-state index in [9.17, 15) is 24.1 Å². The summed E-state index contributed by atoms with van der Waals surface area (Å²) in [6.07, 6.45) is -7.15. The van der Waals surface area contributed by atoms with Gasteiger partial charge in [-0.05, 0) is 95.3 Å². The lowest BCUT2D eigenvalue weighted by Gasteiger charge is -2.41. The zero-order chi connectivity index (χ0) is 71.2. The van der Waals surface area contributed by atoms with E-state index in [4.69, 9.17) is 51.4 Å². The third-order valence-electron chi connectivity index (χ3n) is 18.3. The van der Waals surface area contributed by atoms with Crippen LogP contribution in [0.15, 0.2) is 183 Å². The molecule has 3 amide bonds. The smallest absolute Gasteiger partial charge is 0.407 e. The second-order valence-corrected chi connectivity index (χ2v) is 35.7. The van der Waals surface area contributed by atoms with Gasteiger partial charge in [0.1, 0.15) is 30.7 Å². The predicted octanol–water partition coefficient (Wildman–Crippen LogP) is 14.2. The normalized spacial score (nSPS) is 20.1. The molecule has 12 rings (SSSR count). The number of aliphatic hydroxyl groups excluding tert-OH is 1. The largest absolute Gasteiger partial charge is 0.425 e. The van der Waals surface area contributed by atoms with Crippen LogP contribution >= 0.6 is 15.2 Å². The molecule has 528 valence electrons. The number of ether oxygens (including phenoxy) is 4. The molecule has 2 saturated heterocycles.